The van der Waals surface area contributed by atoms with Crippen molar-refractivity contribution in [2.75, 3.05) is 49.6 Å². The van der Waals surface area contributed by atoms with Gasteiger partial charge in [-0.1, -0.05) is 5.16 Å². The van der Waals surface area contributed by atoms with Gasteiger partial charge in [-0.2, -0.15) is 4.31 Å². The van der Waals surface area contributed by atoms with E-state index in [1.165, 1.54) is 4.31 Å². The summed E-state index contributed by atoms with van der Waals surface area (Å²) < 4.78 is 38.1. The fourth-order valence-electron chi connectivity index (χ4n) is 4.05. The molecular formula is C21H28N4O5S. The molecule has 4 rings (SSSR count). The van der Waals surface area contributed by atoms with Gasteiger partial charge in [0, 0.05) is 31.7 Å². The van der Waals surface area contributed by atoms with Crippen LogP contribution in [0.5, 0.6) is 0 Å². The first-order valence-electron chi connectivity index (χ1n) is 10.5. The summed E-state index contributed by atoms with van der Waals surface area (Å²) in [6, 6.07) is 5.00. The van der Waals surface area contributed by atoms with Gasteiger partial charge < -0.3 is 19.5 Å². The summed E-state index contributed by atoms with van der Waals surface area (Å²) in [7, 11) is -3.67. The molecule has 2 aliphatic heterocycles. The van der Waals surface area contributed by atoms with Crippen LogP contribution in [0.2, 0.25) is 0 Å². The Morgan fingerprint density at radius 3 is 2.48 bits per heavy atom. The van der Waals surface area contributed by atoms with Crippen molar-refractivity contribution >= 4 is 27.3 Å². The van der Waals surface area contributed by atoms with Crippen molar-refractivity contribution < 1.29 is 22.5 Å². The van der Waals surface area contributed by atoms with E-state index in [0.717, 1.165) is 37.2 Å². The Labute approximate surface area is 182 Å². The first kappa shape index (κ1) is 21.8. The number of aromatic nitrogens is 1. The molecule has 2 aliphatic rings. The second-order valence-electron chi connectivity index (χ2n) is 7.92. The van der Waals surface area contributed by atoms with Crippen molar-refractivity contribution in [3.05, 3.63) is 35.2 Å². The fourth-order valence-corrected chi connectivity index (χ4v) is 5.49. The molecule has 0 spiro atoms. The van der Waals surface area contributed by atoms with Crippen molar-refractivity contribution in [2.45, 2.75) is 38.0 Å². The highest BCUT2D eigenvalue weighted by atomic mass is 32.2. The largest absolute Gasteiger partial charge is 0.379 e. The molecule has 0 unspecified atom stereocenters. The van der Waals surface area contributed by atoms with Gasteiger partial charge >= 0.3 is 0 Å². The molecule has 2 saturated heterocycles. The molecule has 1 N–H and O–H groups in total. The predicted molar refractivity (Wildman–Crippen MR) is 116 cm³/mol. The number of hydrogen-bond donors (Lipinski definition) is 1. The fraction of sp³-hybridized carbons (Fsp3) is 0.524. The van der Waals surface area contributed by atoms with E-state index in [4.69, 9.17) is 9.26 Å². The number of aryl methyl sites for hydroxylation is 2. The highest BCUT2D eigenvalue weighted by Gasteiger charge is 2.28. The van der Waals surface area contributed by atoms with Crippen LogP contribution in [-0.2, 0) is 26.0 Å². The summed E-state index contributed by atoms with van der Waals surface area (Å²) in [5, 5.41) is 6.83. The zero-order valence-electron chi connectivity index (χ0n) is 17.9. The van der Waals surface area contributed by atoms with E-state index in [1.807, 2.05) is 0 Å². The topological polar surface area (TPSA) is 105 Å². The number of benzene rings is 1. The number of hydrogen-bond acceptors (Lipinski definition) is 7. The molecule has 0 radical (unpaired) electrons. The zero-order chi connectivity index (χ0) is 22.0. The highest BCUT2D eigenvalue weighted by molar-refractivity contribution is 7.89. The number of sulfonamides is 1. The number of nitrogens with zero attached hydrogens (tertiary/aromatic N) is 3. The van der Waals surface area contributed by atoms with Gasteiger partial charge in [-0.25, -0.2) is 8.42 Å². The number of amides is 1. The minimum atomic E-state index is -3.67. The maximum atomic E-state index is 13.1. The zero-order valence-corrected chi connectivity index (χ0v) is 18.7. The Kier molecular flexibility index (Phi) is 6.31. The van der Waals surface area contributed by atoms with Crippen molar-refractivity contribution in [2.24, 2.45) is 0 Å². The molecule has 1 aromatic carbocycles. The number of carbonyl (C=O) groups is 1. The van der Waals surface area contributed by atoms with E-state index in [1.54, 1.807) is 32.0 Å². The molecule has 0 atom stereocenters. The lowest BCUT2D eigenvalue weighted by molar-refractivity contribution is -0.115. The Balaban J connectivity index is 1.63. The SMILES string of the molecule is Cc1noc(C)c1CC(=O)Nc1cc(S(=O)(=O)N2CCOCC2)ccc1N1CCCC1. The summed E-state index contributed by atoms with van der Waals surface area (Å²) >= 11 is 0. The lowest BCUT2D eigenvalue weighted by Gasteiger charge is -2.27. The summed E-state index contributed by atoms with van der Waals surface area (Å²) in [6.07, 6.45) is 2.25. The normalized spacial score (nSPS) is 17.8. The van der Waals surface area contributed by atoms with Crippen LogP contribution in [0.3, 0.4) is 0 Å². The molecule has 10 heteroatoms. The van der Waals surface area contributed by atoms with Crippen LogP contribution in [0.15, 0.2) is 27.6 Å². The maximum absolute atomic E-state index is 13.1. The molecule has 31 heavy (non-hydrogen) atoms. The third-order valence-corrected chi connectivity index (χ3v) is 7.71. The predicted octanol–water partition coefficient (Wildman–Crippen LogP) is 2.09. The molecule has 9 nitrogen and oxygen atoms in total. The standard InChI is InChI=1S/C21H28N4O5S/c1-15-18(16(2)30-23-15)14-21(26)22-19-13-17(5-6-20(19)24-7-3-4-8-24)31(27,28)25-9-11-29-12-10-25/h5-6,13H,3-4,7-12,14H2,1-2H3,(H,22,26). The number of nitrogens with one attached hydrogen (secondary N) is 1. The van der Waals surface area contributed by atoms with Crippen LogP contribution in [-0.4, -0.2) is 63.2 Å². The summed E-state index contributed by atoms with van der Waals surface area (Å²) in [6.45, 7) is 6.73. The average Bonchev–Trinajstić information content (AvgIpc) is 3.40. The monoisotopic (exact) mass is 448 g/mol. The van der Waals surface area contributed by atoms with Crippen molar-refractivity contribution in [3.8, 4) is 0 Å². The Morgan fingerprint density at radius 2 is 1.84 bits per heavy atom. The van der Waals surface area contributed by atoms with E-state index in [2.05, 4.69) is 15.4 Å². The number of ether oxygens (including phenoxy) is 1. The third kappa shape index (κ3) is 4.60. The average molecular weight is 449 g/mol. The minimum absolute atomic E-state index is 0.112. The van der Waals surface area contributed by atoms with Gasteiger partial charge in [-0.15, -0.1) is 0 Å². The molecule has 1 aromatic heterocycles. The van der Waals surface area contributed by atoms with E-state index in [0.29, 0.717) is 43.4 Å². The van der Waals surface area contributed by atoms with Gasteiger partial charge in [0.15, 0.2) is 0 Å². The molecule has 0 saturated carbocycles. The van der Waals surface area contributed by atoms with Crippen LogP contribution in [0.4, 0.5) is 11.4 Å². The first-order chi connectivity index (χ1) is 14.9. The summed E-state index contributed by atoms with van der Waals surface area (Å²) in [4.78, 5) is 15.2. The quantitative estimate of drug-likeness (QED) is 0.721. The van der Waals surface area contributed by atoms with Gasteiger partial charge in [0.1, 0.15) is 5.76 Å². The van der Waals surface area contributed by atoms with Crippen LogP contribution >= 0.6 is 0 Å². The van der Waals surface area contributed by atoms with Gasteiger partial charge in [-0.3, -0.25) is 4.79 Å². The summed E-state index contributed by atoms with van der Waals surface area (Å²) in [5.41, 5.74) is 2.77. The van der Waals surface area contributed by atoms with Gasteiger partial charge in [0.05, 0.1) is 41.6 Å². The van der Waals surface area contributed by atoms with Crippen LogP contribution in [0.1, 0.15) is 29.9 Å². The second-order valence-corrected chi connectivity index (χ2v) is 9.86. The number of anilines is 2. The molecule has 2 aromatic rings. The van der Waals surface area contributed by atoms with E-state index < -0.39 is 10.0 Å². The highest BCUT2D eigenvalue weighted by Crippen LogP contribution is 2.32. The van der Waals surface area contributed by atoms with Crippen molar-refractivity contribution in [3.63, 3.8) is 0 Å². The minimum Gasteiger partial charge on any atom is -0.379 e. The number of morpholine rings is 1. The van der Waals surface area contributed by atoms with Crippen molar-refractivity contribution in [1.82, 2.24) is 9.46 Å². The van der Waals surface area contributed by atoms with Crippen LogP contribution in [0.25, 0.3) is 0 Å². The van der Waals surface area contributed by atoms with E-state index in [-0.39, 0.29) is 17.2 Å². The second kappa shape index (κ2) is 8.97. The molecule has 3 heterocycles. The maximum Gasteiger partial charge on any atom is 0.243 e. The smallest absolute Gasteiger partial charge is 0.243 e. The molecule has 168 valence electrons. The molecular weight excluding hydrogens is 420 g/mol. The third-order valence-electron chi connectivity index (χ3n) is 5.82. The Morgan fingerprint density at radius 1 is 1.13 bits per heavy atom. The molecule has 0 aliphatic carbocycles. The van der Waals surface area contributed by atoms with Crippen LogP contribution < -0.4 is 10.2 Å². The lowest BCUT2D eigenvalue weighted by Crippen LogP contribution is -2.40. The Hall–Kier alpha value is -2.43. The van der Waals surface area contributed by atoms with Crippen molar-refractivity contribution in [1.29, 1.82) is 0 Å². The van der Waals surface area contributed by atoms with Gasteiger partial charge in [0.25, 0.3) is 0 Å². The number of carbonyl (C=O) groups excluding carboxylic acids is 1. The lowest BCUT2D eigenvalue weighted by atomic mass is 10.1. The molecule has 0 bridgehead atoms. The molecule has 2 fully saturated rings. The van der Waals surface area contributed by atoms with E-state index >= 15 is 0 Å². The van der Waals surface area contributed by atoms with Crippen LogP contribution in [0, 0.1) is 13.8 Å². The van der Waals surface area contributed by atoms with Gasteiger partial charge in [0.2, 0.25) is 15.9 Å². The number of rotatable bonds is 6. The van der Waals surface area contributed by atoms with Gasteiger partial charge in [-0.05, 0) is 44.9 Å². The van der Waals surface area contributed by atoms with E-state index in [9.17, 15) is 13.2 Å². The summed E-state index contributed by atoms with van der Waals surface area (Å²) in [5.74, 6) is 0.367. The first-order valence-corrected chi connectivity index (χ1v) is 12.0. The Bertz CT molecular complexity index is 1030. The molecule has 1 amide bonds.